The molecule has 0 spiro atoms. The van der Waals surface area contributed by atoms with Gasteiger partial charge in [0.2, 0.25) is 0 Å². The van der Waals surface area contributed by atoms with Crippen LogP contribution >= 0.6 is 0 Å². The van der Waals surface area contributed by atoms with Crippen LogP contribution in [0.2, 0.25) is 0 Å². The van der Waals surface area contributed by atoms with E-state index in [1.54, 1.807) is 0 Å². The van der Waals surface area contributed by atoms with Crippen molar-refractivity contribution in [2.24, 2.45) is 0 Å². The Morgan fingerprint density at radius 2 is 2.00 bits per heavy atom. The molecule has 2 aliphatic rings. The lowest BCUT2D eigenvalue weighted by Gasteiger charge is -2.33. The molecule has 0 saturated heterocycles. The molecule has 1 N–H and O–H groups in total. The fraction of sp³-hybridized carbons (Fsp3) is 0.533. The molecule has 1 saturated carbocycles. The summed E-state index contributed by atoms with van der Waals surface area (Å²) in [7, 11) is 0. The van der Waals surface area contributed by atoms with E-state index in [9.17, 15) is 9.90 Å². The minimum atomic E-state index is -0.711. The van der Waals surface area contributed by atoms with Gasteiger partial charge in [0.1, 0.15) is 11.4 Å². The van der Waals surface area contributed by atoms with Gasteiger partial charge in [-0.1, -0.05) is 12.1 Å². The number of benzene rings is 1. The summed E-state index contributed by atoms with van der Waals surface area (Å²) in [5.41, 5.74) is 1.30. The number of carboxylic acids is 1. The van der Waals surface area contributed by atoms with Crippen LogP contribution in [-0.4, -0.2) is 16.7 Å². The number of ether oxygens (including phenoxy) is 1. The Kier molecular flexibility index (Phi) is 2.25. The molecule has 3 nitrogen and oxygen atoms in total. The smallest absolute Gasteiger partial charge is 0.314 e. The van der Waals surface area contributed by atoms with Gasteiger partial charge in [0.25, 0.3) is 0 Å². The van der Waals surface area contributed by atoms with Gasteiger partial charge in [-0.15, -0.1) is 0 Å². The molecule has 1 aromatic rings. The first-order valence-electron chi connectivity index (χ1n) is 6.49. The standard InChI is InChI=1S/C15H18O3/c1-14(2)6-5-10-3-4-11(9-12(10)18-14)15(7-8-15)13(16)17/h3-4,9H,5-8H2,1-2H3,(H,16,17). The van der Waals surface area contributed by atoms with Crippen molar-refractivity contribution in [1.29, 1.82) is 0 Å². The molecule has 96 valence electrons. The highest BCUT2D eigenvalue weighted by Crippen LogP contribution is 2.50. The second kappa shape index (κ2) is 3.50. The second-order valence-corrected chi connectivity index (χ2v) is 6.07. The van der Waals surface area contributed by atoms with Crippen molar-refractivity contribution in [3.8, 4) is 5.75 Å². The van der Waals surface area contributed by atoms with Gasteiger partial charge in [-0.05, 0) is 56.7 Å². The highest BCUT2D eigenvalue weighted by Gasteiger charge is 2.52. The quantitative estimate of drug-likeness (QED) is 0.872. The highest BCUT2D eigenvalue weighted by molar-refractivity contribution is 5.85. The van der Waals surface area contributed by atoms with Crippen LogP contribution in [0.25, 0.3) is 0 Å². The molecule has 18 heavy (non-hydrogen) atoms. The summed E-state index contributed by atoms with van der Waals surface area (Å²) < 4.78 is 5.97. The second-order valence-electron chi connectivity index (χ2n) is 6.07. The molecule has 3 rings (SSSR count). The molecule has 1 aliphatic carbocycles. The van der Waals surface area contributed by atoms with Gasteiger partial charge in [0, 0.05) is 0 Å². The minimum Gasteiger partial charge on any atom is -0.488 e. The van der Waals surface area contributed by atoms with Crippen molar-refractivity contribution < 1.29 is 14.6 Å². The minimum absolute atomic E-state index is 0.147. The van der Waals surface area contributed by atoms with E-state index in [2.05, 4.69) is 13.8 Å². The number of hydrogen-bond acceptors (Lipinski definition) is 2. The topological polar surface area (TPSA) is 46.5 Å². The molecular formula is C15H18O3. The lowest BCUT2D eigenvalue weighted by molar-refractivity contribution is -0.140. The number of carbonyl (C=O) groups is 1. The Morgan fingerprint density at radius 3 is 2.61 bits per heavy atom. The summed E-state index contributed by atoms with van der Waals surface area (Å²) in [6.07, 6.45) is 3.49. The first-order valence-corrected chi connectivity index (χ1v) is 6.49. The number of aliphatic carboxylic acids is 1. The first-order chi connectivity index (χ1) is 8.43. The van der Waals surface area contributed by atoms with Crippen molar-refractivity contribution >= 4 is 5.97 Å². The predicted octanol–water partition coefficient (Wildman–Crippen LogP) is 2.91. The summed E-state index contributed by atoms with van der Waals surface area (Å²) in [5.74, 6) is 0.161. The monoisotopic (exact) mass is 246 g/mol. The van der Waals surface area contributed by atoms with Crippen LogP contribution in [0.15, 0.2) is 18.2 Å². The molecule has 3 heteroatoms. The summed E-state index contributed by atoms with van der Waals surface area (Å²) >= 11 is 0. The Bertz CT molecular complexity index is 512. The summed E-state index contributed by atoms with van der Waals surface area (Å²) in [6, 6.07) is 5.93. The van der Waals surface area contributed by atoms with E-state index in [4.69, 9.17) is 4.74 Å². The number of rotatable bonds is 2. The first kappa shape index (κ1) is 11.6. The molecule has 0 amide bonds. The molecular weight excluding hydrogens is 228 g/mol. The molecule has 0 unspecified atom stereocenters. The van der Waals surface area contributed by atoms with Crippen LogP contribution < -0.4 is 4.74 Å². The maximum absolute atomic E-state index is 11.3. The molecule has 0 bridgehead atoms. The van der Waals surface area contributed by atoms with E-state index in [-0.39, 0.29) is 5.60 Å². The molecule has 1 aliphatic heterocycles. The van der Waals surface area contributed by atoms with Crippen molar-refractivity contribution in [3.63, 3.8) is 0 Å². The van der Waals surface area contributed by atoms with Crippen LogP contribution in [0.1, 0.15) is 44.2 Å². The fourth-order valence-corrected chi connectivity index (χ4v) is 2.69. The Hall–Kier alpha value is -1.51. The van der Waals surface area contributed by atoms with Gasteiger partial charge in [-0.3, -0.25) is 4.79 Å². The molecule has 0 radical (unpaired) electrons. The number of fused-ring (bicyclic) bond motifs is 1. The number of carboxylic acid groups (broad SMARTS) is 1. The van der Waals surface area contributed by atoms with Gasteiger partial charge in [0.05, 0.1) is 5.41 Å². The lowest BCUT2D eigenvalue weighted by atomic mass is 9.90. The van der Waals surface area contributed by atoms with Crippen LogP contribution in [0.3, 0.4) is 0 Å². The van der Waals surface area contributed by atoms with Crippen LogP contribution in [0.5, 0.6) is 5.75 Å². The van der Waals surface area contributed by atoms with Crippen molar-refractivity contribution in [2.45, 2.75) is 50.5 Å². The fourth-order valence-electron chi connectivity index (χ4n) is 2.69. The van der Waals surface area contributed by atoms with E-state index in [1.807, 2.05) is 18.2 Å². The molecule has 1 fully saturated rings. The zero-order chi connectivity index (χ0) is 13.0. The Morgan fingerprint density at radius 1 is 1.28 bits per heavy atom. The van der Waals surface area contributed by atoms with Gasteiger partial charge >= 0.3 is 5.97 Å². The van der Waals surface area contributed by atoms with Gasteiger partial charge in [-0.2, -0.15) is 0 Å². The van der Waals surface area contributed by atoms with Gasteiger partial charge < -0.3 is 9.84 Å². The summed E-state index contributed by atoms with van der Waals surface area (Å²) in [5, 5.41) is 9.32. The van der Waals surface area contributed by atoms with E-state index >= 15 is 0 Å². The molecule has 1 heterocycles. The average molecular weight is 246 g/mol. The summed E-state index contributed by atoms with van der Waals surface area (Å²) in [4.78, 5) is 11.3. The van der Waals surface area contributed by atoms with Gasteiger partial charge in [-0.25, -0.2) is 0 Å². The zero-order valence-electron chi connectivity index (χ0n) is 10.8. The Balaban J connectivity index is 1.99. The van der Waals surface area contributed by atoms with Crippen LogP contribution in [0.4, 0.5) is 0 Å². The third-order valence-electron chi connectivity index (χ3n) is 4.16. The lowest BCUT2D eigenvalue weighted by Crippen LogP contribution is -2.32. The highest BCUT2D eigenvalue weighted by atomic mass is 16.5. The largest absolute Gasteiger partial charge is 0.488 e. The van der Waals surface area contributed by atoms with E-state index in [0.717, 1.165) is 37.0 Å². The van der Waals surface area contributed by atoms with Crippen molar-refractivity contribution in [2.75, 3.05) is 0 Å². The average Bonchev–Trinajstić information content (AvgIpc) is 3.07. The van der Waals surface area contributed by atoms with E-state index in [1.165, 1.54) is 5.56 Å². The van der Waals surface area contributed by atoms with Crippen LogP contribution in [0, 0.1) is 0 Å². The number of hydrogen-bond donors (Lipinski definition) is 1. The van der Waals surface area contributed by atoms with Gasteiger partial charge in [0.15, 0.2) is 0 Å². The maximum atomic E-state index is 11.3. The molecule has 0 aromatic heterocycles. The molecule has 0 atom stereocenters. The molecule has 1 aromatic carbocycles. The third kappa shape index (κ3) is 1.69. The summed E-state index contributed by atoms with van der Waals surface area (Å²) in [6.45, 7) is 4.15. The maximum Gasteiger partial charge on any atom is 0.314 e. The normalized spacial score (nSPS) is 22.8. The van der Waals surface area contributed by atoms with Crippen molar-refractivity contribution in [3.05, 3.63) is 29.3 Å². The van der Waals surface area contributed by atoms with E-state index in [0.29, 0.717) is 0 Å². The van der Waals surface area contributed by atoms with Crippen LogP contribution in [-0.2, 0) is 16.6 Å². The zero-order valence-corrected chi connectivity index (χ0v) is 10.8. The SMILES string of the molecule is CC1(C)CCc2ccc(C3(C(=O)O)CC3)cc2O1. The van der Waals surface area contributed by atoms with E-state index < -0.39 is 11.4 Å². The Labute approximate surface area is 107 Å². The predicted molar refractivity (Wildman–Crippen MR) is 68.0 cm³/mol. The number of aryl methyl sites for hydroxylation is 1. The third-order valence-corrected chi connectivity index (χ3v) is 4.16. The van der Waals surface area contributed by atoms with Crippen molar-refractivity contribution in [1.82, 2.24) is 0 Å².